The minimum absolute atomic E-state index is 0.345. The van der Waals surface area contributed by atoms with Crippen LogP contribution in [0.2, 0.25) is 5.02 Å². The van der Waals surface area contributed by atoms with Crippen LogP contribution in [-0.2, 0) is 14.4 Å². The number of anilines is 1. The van der Waals surface area contributed by atoms with Crippen molar-refractivity contribution in [1.82, 2.24) is 5.32 Å². The van der Waals surface area contributed by atoms with Crippen LogP contribution in [0.4, 0.5) is 5.69 Å². The number of carboxylic acids is 1. The number of carboxylic acid groups (broad SMARTS) is 1. The molecule has 8 heteroatoms. The average molecular weight is 471 g/mol. The second kappa shape index (κ2) is 8.47. The Morgan fingerprint density at radius 3 is 2.55 bits per heavy atom. The van der Waals surface area contributed by atoms with Gasteiger partial charge in [-0.3, -0.25) is 19.7 Å². The Labute approximate surface area is 197 Å². The summed E-state index contributed by atoms with van der Waals surface area (Å²) in [5.74, 6) is -3.99. The van der Waals surface area contributed by atoms with Crippen molar-refractivity contribution >= 4 is 35.1 Å². The highest BCUT2D eigenvalue weighted by Gasteiger charge is 2.70. The van der Waals surface area contributed by atoms with Crippen molar-refractivity contribution in [2.75, 3.05) is 12.0 Å². The molecule has 0 bridgehead atoms. The third-order valence-electron chi connectivity index (χ3n) is 7.23. The van der Waals surface area contributed by atoms with Gasteiger partial charge in [-0.25, -0.2) is 4.90 Å². The van der Waals surface area contributed by atoms with Crippen LogP contribution >= 0.6 is 11.6 Å². The Hall–Kier alpha value is -2.90. The summed E-state index contributed by atoms with van der Waals surface area (Å²) >= 11 is 6.28. The van der Waals surface area contributed by atoms with Crippen molar-refractivity contribution in [2.45, 2.75) is 38.8 Å². The highest BCUT2D eigenvalue weighted by Crippen LogP contribution is 2.54. The number of aryl methyl sites for hydroxylation is 1. The van der Waals surface area contributed by atoms with E-state index in [1.54, 1.807) is 49.4 Å². The average Bonchev–Trinajstić information content (AvgIpc) is 3.30. The number of carbonyl (C=O) groups is 3. The van der Waals surface area contributed by atoms with Gasteiger partial charge in [-0.2, -0.15) is 0 Å². The third kappa shape index (κ3) is 3.33. The molecule has 2 heterocycles. The summed E-state index contributed by atoms with van der Waals surface area (Å²) < 4.78 is 5.51. The molecule has 0 spiro atoms. The Bertz CT molecular complexity index is 1140. The topological polar surface area (TPSA) is 95.9 Å². The number of ether oxygens (including phenoxy) is 1. The molecular weight excluding hydrogens is 444 g/mol. The SMILES string of the molecule is CCC(C)C1(C(=O)O)NC(c2ccccc2OC)C2C(=O)N(c3ccc(C)c(Cl)c3)C(=O)C21. The van der Waals surface area contributed by atoms with Crippen LogP contribution in [-0.4, -0.2) is 35.5 Å². The second-order valence-corrected chi connectivity index (χ2v) is 9.20. The van der Waals surface area contributed by atoms with Gasteiger partial charge in [0, 0.05) is 16.6 Å². The van der Waals surface area contributed by atoms with E-state index in [2.05, 4.69) is 5.32 Å². The maximum absolute atomic E-state index is 13.8. The molecule has 7 nitrogen and oxygen atoms in total. The van der Waals surface area contributed by atoms with Gasteiger partial charge in [0.2, 0.25) is 11.8 Å². The molecule has 0 aliphatic carbocycles. The number of benzene rings is 2. The Morgan fingerprint density at radius 2 is 1.94 bits per heavy atom. The lowest BCUT2D eigenvalue weighted by Gasteiger charge is -2.36. The summed E-state index contributed by atoms with van der Waals surface area (Å²) in [6.45, 7) is 5.50. The zero-order valence-electron chi connectivity index (χ0n) is 19.0. The Morgan fingerprint density at radius 1 is 1.24 bits per heavy atom. The normalized spacial score (nSPS) is 27.5. The third-order valence-corrected chi connectivity index (χ3v) is 7.63. The van der Waals surface area contributed by atoms with Gasteiger partial charge >= 0.3 is 5.97 Å². The van der Waals surface area contributed by atoms with Crippen molar-refractivity contribution in [1.29, 1.82) is 0 Å². The van der Waals surface area contributed by atoms with Crippen molar-refractivity contribution in [3.8, 4) is 5.75 Å². The van der Waals surface area contributed by atoms with Gasteiger partial charge in [0.25, 0.3) is 0 Å². The first-order valence-corrected chi connectivity index (χ1v) is 11.3. The van der Waals surface area contributed by atoms with Gasteiger partial charge in [0.1, 0.15) is 11.3 Å². The van der Waals surface area contributed by atoms with E-state index in [4.69, 9.17) is 16.3 Å². The fraction of sp³-hybridized carbons (Fsp3) is 0.400. The molecule has 33 heavy (non-hydrogen) atoms. The molecule has 2 aromatic carbocycles. The second-order valence-electron chi connectivity index (χ2n) is 8.80. The smallest absolute Gasteiger partial charge is 0.325 e. The van der Waals surface area contributed by atoms with Crippen LogP contribution in [0.3, 0.4) is 0 Å². The molecule has 2 fully saturated rings. The van der Waals surface area contributed by atoms with Gasteiger partial charge in [-0.1, -0.05) is 56.1 Å². The summed E-state index contributed by atoms with van der Waals surface area (Å²) in [4.78, 5) is 41.5. The standard InChI is InChI=1S/C25H27ClN2O5/c1-5-14(3)25(24(31)32)20-19(21(27-25)16-8-6-7-9-18(16)33-4)22(29)28(23(20)30)15-11-10-13(2)17(26)12-15/h6-12,14,19-21,27H,5H2,1-4H3,(H,31,32). The number of imide groups is 1. The summed E-state index contributed by atoms with van der Waals surface area (Å²) in [5, 5.41) is 14.1. The van der Waals surface area contributed by atoms with Gasteiger partial charge in [-0.15, -0.1) is 0 Å². The predicted octanol–water partition coefficient (Wildman–Crippen LogP) is 3.98. The van der Waals surface area contributed by atoms with Crippen molar-refractivity contribution in [3.63, 3.8) is 0 Å². The fourth-order valence-electron chi connectivity index (χ4n) is 5.29. The molecular formula is C25H27ClN2O5. The minimum atomic E-state index is -1.61. The number of hydrogen-bond donors (Lipinski definition) is 2. The Kier molecular flexibility index (Phi) is 5.97. The van der Waals surface area contributed by atoms with Gasteiger partial charge in [0.05, 0.1) is 24.6 Å². The number of halogens is 1. The van der Waals surface area contributed by atoms with Crippen LogP contribution in [0.15, 0.2) is 42.5 Å². The molecule has 0 saturated carbocycles. The Balaban J connectivity index is 1.92. The van der Waals surface area contributed by atoms with Crippen LogP contribution in [0.1, 0.15) is 37.4 Å². The van der Waals surface area contributed by atoms with E-state index >= 15 is 0 Å². The van der Waals surface area contributed by atoms with Crippen LogP contribution in [0.25, 0.3) is 0 Å². The first-order chi connectivity index (χ1) is 15.7. The number of carbonyl (C=O) groups excluding carboxylic acids is 2. The van der Waals surface area contributed by atoms with E-state index in [1.807, 2.05) is 13.8 Å². The molecule has 0 radical (unpaired) electrons. The molecule has 2 amide bonds. The maximum atomic E-state index is 13.8. The first-order valence-electron chi connectivity index (χ1n) is 11.0. The summed E-state index contributed by atoms with van der Waals surface area (Å²) in [6.07, 6.45) is 0.513. The number of nitrogens with one attached hydrogen (secondary N) is 1. The molecule has 2 aliphatic heterocycles. The van der Waals surface area contributed by atoms with Crippen molar-refractivity contribution < 1.29 is 24.2 Å². The molecule has 2 aromatic rings. The van der Waals surface area contributed by atoms with Crippen molar-refractivity contribution in [2.24, 2.45) is 17.8 Å². The summed E-state index contributed by atoms with van der Waals surface area (Å²) in [5.41, 5.74) is 0.192. The summed E-state index contributed by atoms with van der Waals surface area (Å²) in [7, 11) is 1.52. The van der Waals surface area contributed by atoms with E-state index in [-0.39, 0.29) is 0 Å². The zero-order valence-corrected chi connectivity index (χ0v) is 19.7. The van der Waals surface area contributed by atoms with E-state index < -0.39 is 47.1 Å². The zero-order chi connectivity index (χ0) is 24.1. The molecule has 4 rings (SSSR count). The number of hydrogen-bond acceptors (Lipinski definition) is 5. The fourth-order valence-corrected chi connectivity index (χ4v) is 5.46. The molecule has 5 atom stereocenters. The molecule has 174 valence electrons. The van der Waals surface area contributed by atoms with E-state index in [1.165, 1.54) is 7.11 Å². The summed E-state index contributed by atoms with van der Waals surface area (Å²) in [6, 6.07) is 11.4. The molecule has 2 aliphatic rings. The van der Waals surface area contributed by atoms with E-state index in [0.29, 0.717) is 28.4 Å². The lowest BCUT2D eigenvalue weighted by Crippen LogP contribution is -2.59. The molecule has 5 unspecified atom stereocenters. The lowest BCUT2D eigenvalue weighted by molar-refractivity contribution is -0.151. The van der Waals surface area contributed by atoms with Gasteiger partial charge in [-0.05, 0) is 36.6 Å². The van der Waals surface area contributed by atoms with Gasteiger partial charge < -0.3 is 9.84 Å². The highest BCUT2D eigenvalue weighted by molar-refractivity contribution is 6.32. The maximum Gasteiger partial charge on any atom is 0.325 e. The minimum Gasteiger partial charge on any atom is -0.496 e. The number of fused-ring (bicyclic) bond motifs is 1. The van der Waals surface area contributed by atoms with E-state index in [9.17, 15) is 19.5 Å². The quantitative estimate of drug-likeness (QED) is 0.620. The molecule has 0 aromatic heterocycles. The lowest BCUT2D eigenvalue weighted by atomic mass is 9.72. The molecule has 2 saturated heterocycles. The van der Waals surface area contributed by atoms with Crippen LogP contribution in [0.5, 0.6) is 5.75 Å². The molecule has 2 N–H and O–H groups in total. The first kappa shape index (κ1) is 23.3. The number of amides is 2. The number of rotatable bonds is 6. The van der Waals surface area contributed by atoms with E-state index in [0.717, 1.165) is 10.5 Å². The largest absolute Gasteiger partial charge is 0.496 e. The van der Waals surface area contributed by atoms with Crippen molar-refractivity contribution in [3.05, 3.63) is 58.6 Å². The predicted molar refractivity (Wildman–Crippen MR) is 124 cm³/mol. The monoisotopic (exact) mass is 470 g/mol. The van der Waals surface area contributed by atoms with Crippen LogP contribution < -0.4 is 15.0 Å². The highest BCUT2D eigenvalue weighted by atomic mass is 35.5. The number of methoxy groups -OCH3 is 1. The number of para-hydroxylation sites is 1. The number of aliphatic carboxylic acids is 1. The van der Waals surface area contributed by atoms with Crippen LogP contribution in [0, 0.1) is 24.7 Å². The van der Waals surface area contributed by atoms with Gasteiger partial charge in [0.15, 0.2) is 0 Å². The number of nitrogens with zero attached hydrogens (tertiary/aromatic N) is 1.